The molecule has 0 unspecified atom stereocenters. The van der Waals surface area contributed by atoms with Crippen molar-refractivity contribution in [2.24, 2.45) is 7.05 Å². The largest absolute Gasteiger partial charge is 0.296 e. The van der Waals surface area contributed by atoms with Gasteiger partial charge in [-0.05, 0) is 12.1 Å². The highest BCUT2D eigenvalue weighted by Gasteiger charge is 2.03. The Balaban J connectivity index is 3.06. The molecule has 0 spiro atoms. The van der Waals surface area contributed by atoms with E-state index in [1.165, 1.54) is 10.6 Å². The normalized spacial score (nSPS) is 10.6. The van der Waals surface area contributed by atoms with E-state index in [2.05, 4.69) is 4.98 Å². The van der Waals surface area contributed by atoms with E-state index >= 15 is 0 Å². The van der Waals surface area contributed by atoms with Crippen LogP contribution in [0.1, 0.15) is 0 Å². The molecule has 0 fully saturated rings. The van der Waals surface area contributed by atoms with Crippen LogP contribution >= 0.6 is 11.6 Å². The third-order valence-electron chi connectivity index (χ3n) is 1.94. The van der Waals surface area contributed by atoms with Gasteiger partial charge in [0.15, 0.2) is 0 Å². The number of aromatic nitrogens is 2. The van der Waals surface area contributed by atoms with Crippen molar-refractivity contribution in [1.29, 1.82) is 0 Å². The van der Waals surface area contributed by atoms with Crippen molar-refractivity contribution < 1.29 is 0 Å². The number of aryl methyl sites for hydroxylation is 1. The van der Waals surface area contributed by atoms with Gasteiger partial charge in [0, 0.05) is 24.7 Å². The van der Waals surface area contributed by atoms with Gasteiger partial charge in [-0.15, -0.1) is 0 Å². The van der Waals surface area contributed by atoms with Gasteiger partial charge in [0.25, 0.3) is 5.56 Å². The fraction of sp³-hybridized carbons (Fsp3) is 0.111. The third kappa shape index (κ3) is 1.21. The Morgan fingerprint density at radius 3 is 3.08 bits per heavy atom. The predicted octanol–water partition coefficient (Wildman–Crippen LogP) is 1.59. The summed E-state index contributed by atoms with van der Waals surface area (Å²) in [5.74, 6) is 0. The number of hydrogen-bond donors (Lipinski definition) is 0. The Kier molecular flexibility index (Phi) is 1.81. The molecule has 0 aliphatic carbocycles. The van der Waals surface area contributed by atoms with Crippen LogP contribution in [0.15, 0.2) is 29.2 Å². The Hall–Kier alpha value is -1.35. The maximum absolute atomic E-state index is 11.3. The zero-order valence-electron chi connectivity index (χ0n) is 6.99. The average molecular weight is 195 g/mol. The molecular formula is C9H7ClN2O. The smallest absolute Gasteiger partial charge is 0.253 e. The van der Waals surface area contributed by atoms with Gasteiger partial charge in [0.2, 0.25) is 0 Å². The summed E-state index contributed by atoms with van der Waals surface area (Å²) in [6, 6.07) is 5.02. The molecular weight excluding hydrogens is 188 g/mol. The lowest BCUT2D eigenvalue weighted by molar-refractivity contribution is 0.888. The Morgan fingerprint density at radius 1 is 1.54 bits per heavy atom. The standard InChI is InChI=1S/C9H7ClN2O/c1-12-8(13)5-7(10)6-3-2-4-11-9(6)12/h2-5H,1H3. The highest BCUT2D eigenvalue weighted by atomic mass is 35.5. The van der Waals surface area contributed by atoms with Gasteiger partial charge < -0.3 is 0 Å². The van der Waals surface area contributed by atoms with E-state index in [1.807, 2.05) is 6.07 Å². The van der Waals surface area contributed by atoms with Crippen LogP contribution in [0.5, 0.6) is 0 Å². The first-order chi connectivity index (χ1) is 6.20. The summed E-state index contributed by atoms with van der Waals surface area (Å²) in [6.07, 6.45) is 1.64. The fourth-order valence-corrected chi connectivity index (χ4v) is 1.48. The zero-order chi connectivity index (χ0) is 9.42. The molecule has 66 valence electrons. The lowest BCUT2D eigenvalue weighted by Crippen LogP contribution is -2.16. The van der Waals surface area contributed by atoms with Gasteiger partial charge in [-0.2, -0.15) is 0 Å². The van der Waals surface area contributed by atoms with Crippen LogP contribution in [0.25, 0.3) is 11.0 Å². The molecule has 2 heterocycles. The topological polar surface area (TPSA) is 34.9 Å². The minimum atomic E-state index is -0.142. The molecule has 3 nitrogen and oxygen atoms in total. The van der Waals surface area contributed by atoms with Crippen molar-refractivity contribution in [3.05, 3.63) is 39.8 Å². The number of rotatable bonds is 0. The minimum absolute atomic E-state index is 0.142. The maximum atomic E-state index is 11.3. The van der Waals surface area contributed by atoms with Crippen molar-refractivity contribution >= 4 is 22.6 Å². The SMILES string of the molecule is Cn1c(=O)cc(Cl)c2cccnc21. The molecule has 13 heavy (non-hydrogen) atoms. The second kappa shape index (κ2) is 2.85. The van der Waals surface area contributed by atoms with Gasteiger partial charge in [-0.25, -0.2) is 4.98 Å². The van der Waals surface area contributed by atoms with Crippen molar-refractivity contribution in [2.75, 3.05) is 0 Å². The number of fused-ring (bicyclic) bond motifs is 1. The van der Waals surface area contributed by atoms with E-state index in [0.29, 0.717) is 10.7 Å². The van der Waals surface area contributed by atoms with E-state index in [1.54, 1.807) is 19.3 Å². The second-order valence-corrected chi connectivity index (χ2v) is 3.17. The summed E-state index contributed by atoms with van der Waals surface area (Å²) in [5.41, 5.74) is 0.469. The number of halogens is 1. The molecule has 0 amide bonds. The Morgan fingerprint density at radius 2 is 2.31 bits per heavy atom. The summed E-state index contributed by atoms with van der Waals surface area (Å²) in [7, 11) is 1.67. The summed E-state index contributed by atoms with van der Waals surface area (Å²) in [6.45, 7) is 0. The lowest BCUT2D eigenvalue weighted by Gasteiger charge is -2.03. The molecule has 0 aliphatic heterocycles. The number of hydrogen-bond acceptors (Lipinski definition) is 2. The molecule has 2 rings (SSSR count). The highest BCUT2D eigenvalue weighted by Crippen LogP contribution is 2.18. The van der Waals surface area contributed by atoms with E-state index in [0.717, 1.165) is 5.39 Å². The van der Waals surface area contributed by atoms with Crippen LogP contribution in [0.3, 0.4) is 0 Å². The molecule has 2 aromatic heterocycles. The quantitative estimate of drug-likeness (QED) is 0.639. The number of pyridine rings is 2. The van der Waals surface area contributed by atoms with E-state index in [9.17, 15) is 4.79 Å². The van der Waals surface area contributed by atoms with Crippen LogP contribution in [0.4, 0.5) is 0 Å². The summed E-state index contributed by atoms with van der Waals surface area (Å²) < 4.78 is 1.47. The Bertz CT molecular complexity index is 518. The van der Waals surface area contributed by atoms with Gasteiger partial charge in [-0.3, -0.25) is 9.36 Å². The van der Waals surface area contributed by atoms with Gasteiger partial charge in [0.05, 0.1) is 5.02 Å². The minimum Gasteiger partial charge on any atom is -0.296 e. The lowest BCUT2D eigenvalue weighted by atomic mass is 10.3. The molecule has 0 aromatic carbocycles. The predicted molar refractivity (Wildman–Crippen MR) is 52.0 cm³/mol. The van der Waals surface area contributed by atoms with Crippen molar-refractivity contribution in [2.45, 2.75) is 0 Å². The van der Waals surface area contributed by atoms with Crippen LogP contribution in [0, 0.1) is 0 Å². The first kappa shape index (κ1) is 8.26. The number of nitrogens with zero attached hydrogens (tertiary/aromatic N) is 2. The monoisotopic (exact) mass is 194 g/mol. The van der Waals surface area contributed by atoms with E-state index in [-0.39, 0.29) is 5.56 Å². The third-order valence-corrected chi connectivity index (χ3v) is 2.26. The zero-order valence-corrected chi connectivity index (χ0v) is 7.75. The fourth-order valence-electron chi connectivity index (χ4n) is 1.24. The van der Waals surface area contributed by atoms with Crippen LogP contribution < -0.4 is 5.56 Å². The molecule has 4 heteroatoms. The van der Waals surface area contributed by atoms with Crippen LogP contribution in [-0.4, -0.2) is 9.55 Å². The first-order valence-corrected chi connectivity index (χ1v) is 4.18. The average Bonchev–Trinajstić information content (AvgIpc) is 2.15. The van der Waals surface area contributed by atoms with Gasteiger partial charge in [-0.1, -0.05) is 11.6 Å². The Labute approximate surface area is 79.6 Å². The molecule has 0 saturated heterocycles. The summed E-state index contributed by atoms with van der Waals surface area (Å²) in [5, 5.41) is 1.25. The van der Waals surface area contributed by atoms with E-state index in [4.69, 9.17) is 11.6 Å². The van der Waals surface area contributed by atoms with Gasteiger partial charge >= 0.3 is 0 Å². The van der Waals surface area contributed by atoms with Crippen molar-refractivity contribution in [3.63, 3.8) is 0 Å². The molecule has 0 radical (unpaired) electrons. The summed E-state index contributed by atoms with van der Waals surface area (Å²) >= 11 is 5.88. The highest BCUT2D eigenvalue weighted by molar-refractivity contribution is 6.35. The van der Waals surface area contributed by atoms with Crippen LogP contribution in [-0.2, 0) is 7.05 Å². The molecule has 2 aromatic rings. The maximum Gasteiger partial charge on any atom is 0.253 e. The van der Waals surface area contributed by atoms with Crippen molar-refractivity contribution in [3.8, 4) is 0 Å². The van der Waals surface area contributed by atoms with E-state index < -0.39 is 0 Å². The molecule has 0 saturated carbocycles. The molecule has 0 atom stereocenters. The first-order valence-electron chi connectivity index (χ1n) is 3.80. The molecule has 0 bridgehead atoms. The molecule has 0 N–H and O–H groups in total. The van der Waals surface area contributed by atoms with Gasteiger partial charge in [0.1, 0.15) is 5.65 Å². The molecule has 0 aliphatic rings. The van der Waals surface area contributed by atoms with Crippen LogP contribution in [0.2, 0.25) is 5.02 Å². The second-order valence-electron chi connectivity index (χ2n) is 2.76. The summed E-state index contributed by atoms with van der Waals surface area (Å²) in [4.78, 5) is 15.4. The van der Waals surface area contributed by atoms with Crippen molar-refractivity contribution in [1.82, 2.24) is 9.55 Å².